The average Bonchev–Trinajstić information content (AvgIpc) is 2.10. The molecule has 0 aromatic carbocycles. The van der Waals surface area contributed by atoms with Crippen LogP contribution in [0.4, 0.5) is 0 Å². The van der Waals surface area contributed by atoms with Gasteiger partial charge in [0, 0.05) is 11.8 Å². The lowest BCUT2D eigenvalue weighted by atomic mass is 9.77. The molecule has 0 aromatic heterocycles. The minimum atomic E-state index is -0.550. The van der Waals surface area contributed by atoms with Crippen LogP contribution in [0, 0.1) is 0 Å². The summed E-state index contributed by atoms with van der Waals surface area (Å²) in [5.41, 5.74) is 5.35. The summed E-state index contributed by atoms with van der Waals surface area (Å²) in [4.78, 5) is 11.7. The Morgan fingerprint density at radius 3 is 2.71 bits per heavy atom. The van der Waals surface area contributed by atoms with Gasteiger partial charge in [-0.3, -0.25) is 4.79 Å². The van der Waals surface area contributed by atoms with Gasteiger partial charge in [0.05, 0.1) is 5.54 Å². The summed E-state index contributed by atoms with van der Waals surface area (Å²) >= 11 is 1.84. The molecule has 0 saturated heterocycles. The van der Waals surface area contributed by atoms with Crippen molar-refractivity contribution in [2.24, 2.45) is 5.73 Å². The minimum absolute atomic E-state index is 0.0351. The van der Waals surface area contributed by atoms with E-state index in [1.54, 1.807) is 0 Å². The Labute approximate surface area is 90.2 Å². The zero-order chi connectivity index (χ0) is 10.6. The summed E-state index contributed by atoms with van der Waals surface area (Å²) in [5, 5.41) is 2.97. The summed E-state index contributed by atoms with van der Waals surface area (Å²) < 4.78 is 0. The SMILES string of the molecule is CCSCC(C)NC(=O)C1(N)CCC1. The van der Waals surface area contributed by atoms with Crippen LogP contribution in [0.5, 0.6) is 0 Å². The van der Waals surface area contributed by atoms with Crippen molar-refractivity contribution in [1.82, 2.24) is 5.32 Å². The van der Waals surface area contributed by atoms with Gasteiger partial charge < -0.3 is 11.1 Å². The van der Waals surface area contributed by atoms with Crippen molar-refractivity contribution >= 4 is 17.7 Å². The van der Waals surface area contributed by atoms with Crippen LogP contribution in [0.15, 0.2) is 0 Å². The molecule has 1 aliphatic carbocycles. The van der Waals surface area contributed by atoms with Crippen molar-refractivity contribution in [3.8, 4) is 0 Å². The molecule has 1 unspecified atom stereocenters. The van der Waals surface area contributed by atoms with Gasteiger partial charge in [-0.2, -0.15) is 11.8 Å². The smallest absolute Gasteiger partial charge is 0.240 e. The highest BCUT2D eigenvalue weighted by Crippen LogP contribution is 2.29. The number of nitrogens with two attached hydrogens (primary N) is 1. The molecule has 1 amide bonds. The zero-order valence-corrected chi connectivity index (χ0v) is 9.82. The van der Waals surface area contributed by atoms with E-state index in [0.29, 0.717) is 0 Å². The maximum Gasteiger partial charge on any atom is 0.240 e. The van der Waals surface area contributed by atoms with Crippen molar-refractivity contribution in [2.75, 3.05) is 11.5 Å². The highest BCUT2D eigenvalue weighted by atomic mass is 32.2. The fraction of sp³-hybridized carbons (Fsp3) is 0.900. The van der Waals surface area contributed by atoms with Gasteiger partial charge in [-0.1, -0.05) is 6.92 Å². The third kappa shape index (κ3) is 2.89. The van der Waals surface area contributed by atoms with E-state index in [-0.39, 0.29) is 11.9 Å². The zero-order valence-electron chi connectivity index (χ0n) is 9.01. The van der Waals surface area contributed by atoms with Crippen LogP contribution in [0.1, 0.15) is 33.1 Å². The summed E-state index contributed by atoms with van der Waals surface area (Å²) in [5.74, 6) is 2.10. The molecule has 0 bridgehead atoms. The van der Waals surface area contributed by atoms with Gasteiger partial charge in [-0.15, -0.1) is 0 Å². The van der Waals surface area contributed by atoms with E-state index in [9.17, 15) is 4.79 Å². The summed E-state index contributed by atoms with van der Waals surface area (Å²) in [6.45, 7) is 4.15. The molecule has 3 N–H and O–H groups in total. The van der Waals surface area contributed by atoms with Crippen LogP contribution in [-0.4, -0.2) is 29.0 Å². The van der Waals surface area contributed by atoms with Crippen molar-refractivity contribution in [2.45, 2.75) is 44.7 Å². The van der Waals surface area contributed by atoms with Gasteiger partial charge in [-0.05, 0) is 31.9 Å². The van der Waals surface area contributed by atoms with Crippen LogP contribution in [-0.2, 0) is 4.79 Å². The lowest BCUT2D eigenvalue weighted by Crippen LogP contribution is -2.60. The number of rotatable bonds is 5. The van der Waals surface area contributed by atoms with E-state index >= 15 is 0 Å². The number of amides is 1. The summed E-state index contributed by atoms with van der Waals surface area (Å²) in [6.07, 6.45) is 2.76. The molecule has 1 aliphatic rings. The molecule has 0 radical (unpaired) electrons. The van der Waals surface area contributed by atoms with Crippen molar-refractivity contribution in [1.29, 1.82) is 0 Å². The molecular weight excluding hydrogens is 196 g/mol. The van der Waals surface area contributed by atoms with E-state index in [0.717, 1.165) is 30.8 Å². The molecule has 4 heteroatoms. The van der Waals surface area contributed by atoms with Crippen LogP contribution in [0.25, 0.3) is 0 Å². The summed E-state index contributed by atoms with van der Waals surface area (Å²) in [7, 11) is 0. The topological polar surface area (TPSA) is 55.1 Å². The molecule has 0 aliphatic heterocycles. The van der Waals surface area contributed by atoms with Crippen LogP contribution >= 0.6 is 11.8 Å². The predicted molar refractivity (Wildman–Crippen MR) is 61.4 cm³/mol. The average molecular weight is 216 g/mol. The van der Waals surface area contributed by atoms with Crippen LogP contribution < -0.4 is 11.1 Å². The van der Waals surface area contributed by atoms with E-state index < -0.39 is 5.54 Å². The first-order chi connectivity index (χ1) is 6.58. The molecule has 1 rings (SSSR count). The third-order valence-electron chi connectivity index (χ3n) is 2.65. The number of carbonyl (C=O) groups is 1. The second-order valence-corrected chi connectivity index (χ2v) is 5.36. The lowest BCUT2D eigenvalue weighted by Gasteiger charge is -2.37. The molecule has 0 heterocycles. The maximum atomic E-state index is 11.7. The Morgan fingerprint density at radius 1 is 1.64 bits per heavy atom. The normalized spacial score (nSPS) is 21.1. The Kier molecular flexibility index (Phi) is 4.26. The number of thioether (sulfide) groups is 1. The van der Waals surface area contributed by atoms with E-state index in [4.69, 9.17) is 5.73 Å². The minimum Gasteiger partial charge on any atom is -0.351 e. The first kappa shape index (κ1) is 11.9. The largest absolute Gasteiger partial charge is 0.351 e. The predicted octanol–water partition coefficient (Wildman–Crippen LogP) is 1.13. The standard InChI is InChI=1S/C10H20N2OS/c1-3-14-7-8(2)12-9(13)10(11)5-4-6-10/h8H,3-7,11H2,1-2H3,(H,12,13). The number of hydrogen-bond donors (Lipinski definition) is 2. The molecule has 1 atom stereocenters. The fourth-order valence-electron chi connectivity index (χ4n) is 1.49. The second-order valence-electron chi connectivity index (χ2n) is 4.04. The third-order valence-corrected chi connectivity index (χ3v) is 3.79. The van der Waals surface area contributed by atoms with Crippen molar-refractivity contribution < 1.29 is 4.79 Å². The first-order valence-corrected chi connectivity index (χ1v) is 6.41. The molecular formula is C10H20N2OS. The van der Waals surface area contributed by atoms with E-state index in [1.165, 1.54) is 0 Å². The Bertz CT molecular complexity index is 204. The first-order valence-electron chi connectivity index (χ1n) is 5.26. The second kappa shape index (κ2) is 5.03. The van der Waals surface area contributed by atoms with Crippen LogP contribution in [0.2, 0.25) is 0 Å². The number of carbonyl (C=O) groups excluding carboxylic acids is 1. The van der Waals surface area contributed by atoms with Crippen LogP contribution in [0.3, 0.4) is 0 Å². The Morgan fingerprint density at radius 2 is 2.29 bits per heavy atom. The lowest BCUT2D eigenvalue weighted by molar-refractivity contribution is -0.129. The van der Waals surface area contributed by atoms with Crippen molar-refractivity contribution in [3.63, 3.8) is 0 Å². The molecule has 82 valence electrons. The summed E-state index contributed by atoms with van der Waals surface area (Å²) in [6, 6.07) is 0.230. The van der Waals surface area contributed by atoms with Crippen molar-refractivity contribution in [3.05, 3.63) is 0 Å². The number of nitrogens with one attached hydrogen (secondary N) is 1. The molecule has 1 fully saturated rings. The monoisotopic (exact) mass is 216 g/mol. The quantitative estimate of drug-likeness (QED) is 0.724. The molecule has 14 heavy (non-hydrogen) atoms. The van der Waals surface area contributed by atoms with Gasteiger partial charge in [-0.25, -0.2) is 0 Å². The highest BCUT2D eigenvalue weighted by Gasteiger charge is 2.40. The molecule has 0 spiro atoms. The molecule has 3 nitrogen and oxygen atoms in total. The van der Waals surface area contributed by atoms with Gasteiger partial charge in [0.1, 0.15) is 0 Å². The Hall–Kier alpha value is -0.220. The maximum absolute atomic E-state index is 11.7. The van der Waals surface area contributed by atoms with Gasteiger partial charge >= 0.3 is 0 Å². The molecule has 0 aromatic rings. The van der Waals surface area contributed by atoms with Gasteiger partial charge in [0.25, 0.3) is 0 Å². The highest BCUT2D eigenvalue weighted by molar-refractivity contribution is 7.99. The Balaban J connectivity index is 2.25. The van der Waals surface area contributed by atoms with Gasteiger partial charge in [0.2, 0.25) is 5.91 Å². The van der Waals surface area contributed by atoms with E-state index in [2.05, 4.69) is 12.2 Å². The molecule has 1 saturated carbocycles. The fourth-order valence-corrected chi connectivity index (χ4v) is 2.16. The number of hydrogen-bond acceptors (Lipinski definition) is 3. The van der Waals surface area contributed by atoms with Gasteiger partial charge in [0.15, 0.2) is 0 Å². The van der Waals surface area contributed by atoms with E-state index in [1.807, 2.05) is 18.7 Å².